The monoisotopic (exact) mass is 460 g/mol. The van der Waals surface area contributed by atoms with Crippen LogP contribution in [0.3, 0.4) is 0 Å². The van der Waals surface area contributed by atoms with Gasteiger partial charge in [0.1, 0.15) is 24.1 Å². The van der Waals surface area contributed by atoms with Crippen LogP contribution in [-0.2, 0) is 21.4 Å². The number of aromatic nitrogens is 4. The van der Waals surface area contributed by atoms with Crippen molar-refractivity contribution in [3.63, 3.8) is 0 Å². The number of aryl methyl sites for hydroxylation is 1. The number of esters is 1. The number of β-lactam (4-membered cyclic amide) rings is 1. The Morgan fingerprint density at radius 2 is 2.19 bits per heavy atom. The molecule has 1 amide bonds. The van der Waals surface area contributed by atoms with E-state index in [1.165, 1.54) is 33.1 Å². The van der Waals surface area contributed by atoms with Gasteiger partial charge in [0.15, 0.2) is 0 Å². The van der Waals surface area contributed by atoms with Gasteiger partial charge in [0.05, 0.1) is 4.75 Å². The molecule has 3 rings (SSSR count). The van der Waals surface area contributed by atoms with Gasteiger partial charge >= 0.3 is 5.97 Å². The molecule has 0 aliphatic carbocycles. The van der Waals surface area contributed by atoms with Crippen LogP contribution in [0.2, 0.25) is 0 Å². The Morgan fingerprint density at radius 3 is 2.77 bits per heavy atom. The van der Waals surface area contributed by atoms with Gasteiger partial charge in [0.25, 0.3) is 0 Å². The first-order valence-corrected chi connectivity index (χ1v) is 10.4. The molecule has 0 saturated carbocycles. The minimum Gasteiger partial charge on any atom is -0.460 e. The van der Waals surface area contributed by atoms with E-state index < -0.39 is 33.2 Å². The van der Waals surface area contributed by atoms with Crippen molar-refractivity contribution in [2.45, 2.75) is 38.1 Å². The molecule has 2 fully saturated rings. The predicted molar refractivity (Wildman–Crippen MR) is 99.2 cm³/mol. The molecule has 4 atom stereocenters. The number of ether oxygens (including phenoxy) is 1. The van der Waals surface area contributed by atoms with Gasteiger partial charge in [0, 0.05) is 12.8 Å². The Bertz CT molecular complexity index is 731. The second-order valence-electron chi connectivity index (χ2n) is 6.09. The Labute approximate surface area is 172 Å². The van der Waals surface area contributed by atoms with Gasteiger partial charge in [-0.2, -0.15) is 0 Å². The smallest absolute Gasteiger partial charge is 0.330 e. The summed E-state index contributed by atoms with van der Waals surface area (Å²) in [4.78, 5) is 26.3. The van der Waals surface area contributed by atoms with Gasteiger partial charge in [-0.25, -0.2) is 9.48 Å². The van der Waals surface area contributed by atoms with Gasteiger partial charge < -0.3 is 15.4 Å². The van der Waals surface area contributed by atoms with E-state index in [-0.39, 0.29) is 11.3 Å². The summed E-state index contributed by atoms with van der Waals surface area (Å²) in [5, 5.41) is 11.6. The number of halogens is 3. The Hall–Kier alpha value is -0.460. The quantitative estimate of drug-likeness (QED) is 0.291. The van der Waals surface area contributed by atoms with Crippen molar-refractivity contribution in [1.82, 2.24) is 25.1 Å². The molecule has 4 unspecified atom stereocenters. The van der Waals surface area contributed by atoms with Crippen molar-refractivity contribution in [2.75, 3.05) is 12.4 Å². The van der Waals surface area contributed by atoms with Crippen LogP contribution in [0.25, 0.3) is 0 Å². The molecule has 2 saturated heterocycles. The van der Waals surface area contributed by atoms with Crippen molar-refractivity contribution in [3.8, 4) is 0 Å². The third-order valence-corrected chi connectivity index (χ3v) is 7.56. The fourth-order valence-corrected chi connectivity index (χ4v) is 5.80. The van der Waals surface area contributed by atoms with Crippen LogP contribution >= 0.6 is 58.3 Å². The SMILES string of the molecule is Cn1nnnc1SCC1(C)SC2C(N)C(=O)N2C1C(=O)OCC(Cl)(Cl)Cl. The zero-order chi connectivity index (χ0) is 19.3. The second-order valence-corrected chi connectivity index (χ2v) is 11.2. The number of nitrogens with zero attached hydrogens (tertiary/aromatic N) is 5. The highest BCUT2D eigenvalue weighted by atomic mass is 35.6. The first kappa shape index (κ1) is 20.3. The highest BCUT2D eigenvalue weighted by molar-refractivity contribution is 8.04. The van der Waals surface area contributed by atoms with E-state index >= 15 is 0 Å². The summed E-state index contributed by atoms with van der Waals surface area (Å²) in [6, 6.07) is -1.49. The number of thioether (sulfide) groups is 2. The summed E-state index contributed by atoms with van der Waals surface area (Å²) in [6.45, 7) is 1.46. The molecule has 14 heteroatoms. The molecule has 2 aliphatic rings. The first-order valence-electron chi connectivity index (χ1n) is 7.37. The number of hydrogen-bond donors (Lipinski definition) is 1. The maximum Gasteiger partial charge on any atom is 0.330 e. The zero-order valence-corrected chi connectivity index (χ0v) is 17.5. The molecule has 0 aromatic carbocycles. The lowest BCUT2D eigenvalue weighted by molar-refractivity contribution is -0.162. The predicted octanol–water partition coefficient (Wildman–Crippen LogP) is 0.585. The largest absolute Gasteiger partial charge is 0.460 e. The number of carbonyl (C=O) groups excluding carboxylic acids is 2. The fraction of sp³-hybridized carbons (Fsp3) is 0.750. The number of alkyl halides is 3. The summed E-state index contributed by atoms with van der Waals surface area (Å²) in [5.74, 6) is -0.481. The van der Waals surface area contributed by atoms with Gasteiger partial charge in [0.2, 0.25) is 14.9 Å². The van der Waals surface area contributed by atoms with E-state index in [0.29, 0.717) is 10.9 Å². The van der Waals surface area contributed by atoms with Crippen LogP contribution in [0.4, 0.5) is 0 Å². The van der Waals surface area contributed by atoms with E-state index in [2.05, 4.69) is 15.5 Å². The molecule has 0 bridgehead atoms. The molecule has 2 N–H and O–H groups in total. The minimum absolute atomic E-state index is 0.295. The normalized spacial score (nSPS) is 30.9. The van der Waals surface area contributed by atoms with Crippen LogP contribution < -0.4 is 5.73 Å². The Kier molecular flexibility index (Phi) is 5.59. The molecular weight excluding hydrogens is 447 g/mol. The van der Waals surface area contributed by atoms with E-state index in [1.807, 2.05) is 6.92 Å². The summed E-state index contributed by atoms with van der Waals surface area (Å²) < 4.78 is 4.27. The van der Waals surface area contributed by atoms with Crippen molar-refractivity contribution < 1.29 is 14.3 Å². The molecule has 3 heterocycles. The van der Waals surface area contributed by atoms with Crippen molar-refractivity contribution in [2.24, 2.45) is 12.8 Å². The molecule has 1 aromatic rings. The number of amides is 1. The lowest BCUT2D eigenvalue weighted by atomic mass is 9.96. The van der Waals surface area contributed by atoms with Crippen molar-refractivity contribution >= 4 is 70.2 Å². The van der Waals surface area contributed by atoms with Crippen LogP contribution in [0.1, 0.15) is 6.92 Å². The first-order chi connectivity index (χ1) is 12.0. The molecule has 144 valence electrons. The van der Waals surface area contributed by atoms with Crippen LogP contribution in [0.15, 0.2) is 5.16 Å². The topological polar surface area (TPSA) is 116 Å². The highest BCUT2D eigenvalue weighted by Gasteiger charge is 2.64. The Balaban J connectivity index is 1.78. The molecular formula is C12H15Cl3N6O3S2. The van der Waals surface area contributed by atoms with E-state index in [0.717, 1.165) is 0 Å². The van der Waals surface area contributed by atoms with Gasteiger partial charge in [-0.1, -0.05) is 46.6 Å². The van der Waals surface area contributed by atoms with Gasteiger partial charge in [-0.15, -0.1) is 16.9 Å². The van der Waals surface area contributed by atoms with Gasteiger partial charge in [-0.3, -0.25) is 4.79 Å². The van der Waals surface area contributed by atoms with Crippen molar-refractivity contribution in [1.29, 1.82) is 0 Å². The average molecular weight is 462 g/mol. The van der Waals surface area contributed by atoms with E-state index in [1.54, 1.807) is 7.05 Å². The number of carbonyl (C=O) groups is 2. The third-order valence-electron chi connectivity index (χ3n) is 4.04. The van der Waals surface area contributed by atoms with Crippen LogP contribution in [0, 0.1) is 0 Å². The summed E-state index contributed by atoms with van der Waals surface area (Å²) in [6.07, 6.45) is 0. The standard InChI is InChI=1S/C12H15Cl3N6O3S2/c1-11(4-25-10-17-18-19-20(10)2)6(9(23)24-3-12(13,14)15)21-7(22)5(16)8(21)26-11/h5-6,8H,3-4,16H2,1-2H3. The van der Waals surface area contributed by atoms with E-state index in [9.17, 15) is 9.59 Å². The molecule has 0 spiro atoms. The number of rotatable bonds is 5. The number of nitrogens with two attached hydrogens (primary N) is 1. The molecule has 0 radical (unpaired) electrons. The van der Waals surface area contributed by atoms with Gasteiger partial charge in [-0.05, 0) is 17.4 Å². The van der Waals surface area contributed by atoms with Crippen LogP contribution in [0.5, 0.6) is 0 Å². The molecule has 9 nitrogen and oxygen atoms in total. The minimum atomic E-state index is -1.73. The second kappa shape index (κ2) is 7.17. The lowest BCUT2D eigenvalue weighted by Gasteiger charge is -2.42. The summed E-state index contributed by atoms with van der Waals surface area (Å²) in [7, 11) is 1.71. The molecule has 26 heavy (non-hydrogen) atoms. The number of hydrogen-bond acceptors (Lipinski definition) is 9. The summed E-state index contributed by atoms with van der Waals surface area (Å²) >= 11 is 19.8. The molecule has 1 aromatic heterocycles. The zero-order valence-electron chi connectivity index (χ0n) is 13.6. The van der Waals surface area contributed by atoms with E-state index in [4.69, 9.17) is 45.3 Å². The third kappa shape index (κ3) is 3.74. The maximum absolute atomic E-state index is 12.7. The lowest BCUT2D eigenvalue weighted by Crippen LogP contribution is -2.69. The Morgan fingerprint density at radius 1 is 1.50 bits per heavy atom. The number of fused-ring (bicyclic) bond motifs is 1. The van der Waals surface area contributed by atoms with Crippen molar-refractivity contribution in [3.05, 3.63) is 0 Å². The highest BCUT2D eigenvalue weighted by Crippen LogP contribution is 2.52. The number of tetrazole rings is 1. The maximum atomic E-state index is 12.7. The molecule has 2 aliphatic heterocycles. The summed E-state index contributed by atoms with van der Waals surface area (Å²) in [5.41, 5.74) is 5.88. The fourth-order valence-electron chi connectivity index (χ4n) is 2.81. The average Bonchev–Trinajstić information content (AvgIpc) is 3.09. The van der Waals surface area contributed by atoms with Crippen LogP contribution in [-0.4, -0.2) is 75.3 Å².